The number of hydrogen-bond donors (Lipinski definition) is 1. The molecule has 21 heavy (non-hydrogen) atoms. The van der Waals surface area contributed by atoms with E-state index in [4.69, 9.17) is 4.52 Å². The number of unbranched alkanes of at least 4 members (excludes halogenated alkanes) is 2. The first kappa shape index (κ1) is 14.2. The highest BCUT2D eigenvalue weighted by atomic mass is 32.1. The van der Waals surface area contributed by atoms with Gasteiger partial charge in [0.05, 0.1) is 0 Å². The molecular formula is C14H18N4O2S. The van der Waals surface area contributed by atoms with Crippen molar-refractivity contribution in [1.29, 1.82) is 0 Å². The lowest BCUT2D eigenvalue weighted by molar-refractivity contribution is 0.101. The SMILES string of the molecule is CCCCCc1nnc(NC(=O)c2cc(C3CC3)on2)s1. The minimum absolute atomic E-state index is 0.290. The molecule has 0 aromatic carbocycles. The highest BCUT2D eigenvalue weighted by Crippen LogP contribution is 2.40. The number of carbonyl (C=O) groups excluding carboxylic acids is 1. The molecule has 0 saturated heterocycles. The van der Waals surface area contributed by atoms with Crippen molar-refractivity contribution in [3.63, 3.8) is 0 Å². The molecule has 0 spiro atoms. The molecule has 0 unspecified atom stereocenters. The van der Waals surface area contributed by atoms with Gasteiger partial charge in [0, 0.05) is 18.4 Å². The van der Waals surface area contributed by atoms with Gasteiger partial charge in [-0.1, -0.05) is 36.3 Å². The minimum Gasteiger partial charge on any atom is -0.360 e. The number of nitrogens with zero attached hydrogens (tertiary/aromatic N) is 3. The Labute approximate surface area is 126 Å². The van der Waals surface area contributed by atoms with E-state index >= 15 is 0 Å². The standard InChI is InChI=1S/C14H18N4O2S/c1-2-3-4-5-12-16-17-14(21-12)15-13(19)10-8-11(20-18-10)9-6-7-9/h8-9H,2-7H2,1H3,(H,15,17,19). The van der Waals surface area contributed by atoms with E-state index in [0.29, 0.717) is 16.7 Å². The molecule has 1 aliphatic carbocycles. The fraction of sp³-hybridized carbons (Fsp3) is 0.571. The molecule has 6 nitrogen and oxygen atoms in total. The molecule has 0 aliphatic heterocycles. The molecular weight excluding hydrogens is 288 g/mol. The van der Waals surface area contributed by atoms with Gasteiger partial charge in [-0.2, -0.15) is 0 Å². The molecule has 1 saturated carbocycles. The van der Waals surface area contributed by atoms with Crippen LogP contribution in [0.15, 0.2) is 10.6 Å². The van der Waals surface area contributed by atoms with Gasteiger partial charge >= 0.3 is 0 Å². The molecule has 1 amide bonds. The minimum atomic E-state index is -0.290. The number of carbonyl (C=O) groups is 1. The van der Waals surface area contributed by atoms with Crippen LogP contribution in [0.4, 0.5) is 5.13 Å². The maximum Gasteiger partial charge on any atom is 0.279 e. The lowest BCUT2D eigenvalue weighted by Crippen LogP contribution is -2.11. The topological polar surface area (TPSA) is 80.9 Å². The maximum absolute atomic E-state index is 12.0. The Morgan fingerprint density at radius 1 is 1.43 bits per heavy atom. The second kappa shape index (κ2) is 6.34. The molecule has 0 radical (unpaired) electrons. The summed E-state index contributed by atoms with van der Waals surface area (Å²) >= 11 is 1.42. The van der Waals surface area contributed by atoms with Gasteiger partial charge in [0.15, 0.2) is 5.69 Å². The normalized spacial score (nSPS) is 14.3. The second-order valence-electron chi connectivity index (χ2n) is 5.30. The largest absolute Gasteiger partial charge is 0.360 e. The summed E-state index contributed by atoms with van der Waals surface area (Å²) in [4.78, 5) is 12.0. The van der Waals surface area contributed by atoms with Crippen molar-refractivity contribution in [2.24, 2.45) is 0 Å². The average molecular weight is 306 g/mol. The first-order valence-electron chi connectivity index (χ1n) is 7.36. The van der Waals surface area contributed by atoms with Crippen LogP contribution in [0.3, 0.4) is 0 Å². The van der Waals surface area contributed by atoms with E-state index in [-0.39, 0.29) is 5.91 Å². The molecule has 2 aromatic heterocycles. The summed E-state index contributed by atoms with van der Waals surface area (Å²) in [5, 5.41) is 16.1. The average Bonchev–Trinajstić information content (AvgIpc) is 3.04. The van der Waals surface area contributed by atoms with Crippen LogP contribution < -0.4 is 5.32 Å². The van der Waals surface area contributed by atoms with Gasteiger partial charge in [0.25, 0.3) is 5.91 Å². The van der Waals surface area contributed by atoms with Crippen molar-refractivity contribution in [2.45, 2.75) is 51.4 Å². The third-order valence-electron chi connectivity index (χ3n) is 3.42. The highest BCUT2D eigenvalue weighted by molar-refractivity contribution is 7.15. The van der Waals surface area contributed by atoms with Crippen molar-refractivity contribution in [2.75, 3.05) is 5.32 Å². The fourth-order valence-corrected chi connectivity index (χ4v) is 2.83. The van der Waals surface area contributed by atoms with E-state index in [9.17, 15) is 4.79 Å². The lowest BCUT2D eigenvalue weighted by atomic mass is 10.2. The number of anilines is 1. The van der Waals surface area contributed by atoms with Crippen LogP contribution >= 0.6 is 11.3 Å². The Morgan fingerprint density at radius 3 is 3.05 bits per heavy atom. The monoisotopic (exact) mass is 306 g/mol. The Balaban J connectivity index is 1.56. The van der Waals surface area contributed by atoms with Gasteiger partial charge in [0.1, 0.15) is 10.8 Å². The third kappa shape index (κ3) is 3.66. The van der Waals surface area contributed by atoms with E-state index in [1.54, 1.807) is 6.07 Å². The van der Waals surface area contributed by atoms with E-state index in [1.807, 2.05) is 0 Å². The van der Waals surface area contributed by atoms with Gasteiger partial charge in [-0.05, 0) is 19.3 Å². The van der Waals surface area contributed by atoms with Crippen LogP contribution in [0.1, 0.15) is 66.2 Å². The summed E-state index contributed by atoms with van der Waals surface area (Å²) in [7, 11) is 0. The zero-order chi connectivity index (χ0) is 14.7. The smallest absolute Gasteiger partial charge is 0.279 e. The highest BCUT2D eigenvalue weighted by Gasteiger charge is 2.29. The Morgan fingerprint density at radius 2 is 2.29 bits per heavy atom. The van der Waals surface area contributed by atoms with Crippen LogP contribution in [-0.4, -0.2) is 21.3 Å². The third-order valence-corrected chi connectivity index (χ3v) is 4.32. The summed E-state index contributed by atoms with van der Waals surface area (Å²) in [6, 6.07) is 1.72. The summed E-state index contributed by atoms with van der Waals surface area (Å²) in [6.07, 6.45) is 6.62. The molecule has 1 N–H and O–H groups in total. The van der Waals surface area contributed by atoms with Crippen LogP contribution in [0, 0.1) is 0 Å². The molecule has 2 heterocycles. The lowest BCUT2D eigenvalue weighted by Gasteiger charge is -1.95. The van der Waals surface area contributed by atoms with Crippen molar-refractivity contribution in [1.82, 2.24) is 15.4 Å². The number of hydrogen-bond acceptors (Lipinski definition) is 6. The molecule has 0 atom stereocenters. The number of aryl methyl sites for hydroxylation is 1. The van der Waals surface area contributed by atoms with Gasteiger partial charge in [0.2, 0.25) is 5.13 Å². The molecule has 112 valence electrons. The van der Waals surface area contributed by atoms with Gasteiger partial charge < -0.3 is 4.52 Å². The summed E-state index contributed by atoms with van der Waals surface area (Å²) < 4.78 is 5.17. The Kier molecular flexibility index (Phi) is 4.28. The van der Waals surface area contributed by atoms with Gasteiger partial charge in [-0.25, -0.2) is 0 Å². The van der Waals surface area contributed by atoms with Crippen molar-refractivity contribution in [3.05, 3.63) is 22.5 Å². The van der Waals surface area contributed by atoms with E-state index in [2.05, 4.69) is 27.6 Å². The number of amides is 1. The molecule has 3 rings (SSSR count). The van der Waals surface area contributed by atoms with Crippen LogP contribution in [0.2, 0.25) is 0 Å². The zero-order valence-electron chi connectivity index (χ0n) is 12.0. The molecule has 2 aromatic rings. The van der Waals surface area contributed by atoms with Crippen LogP contribution in [-0.2, 0) is 6.42 Å². The molecule has 7 heteroatoms. The summed E-state index contributed by atoms with van der Waals surface area (Å²) in [5.74, 6) is 0.963. The fourth-order valence-electron chi connectivity index (χ4n) is 2.05. The molecule has 0 bridgehead atoms. The Hall–Kier alpha value is -1.76. The number of aromatic nitrogens is 3. The van der Waals surface area contributed by atoms with Gasteiger partial charge in [-0.3, -0.25) is 10.1 Å². The van der Waals surface area contributed by atoms with E-state index < -0.39 is 0 Å². The molecule has 1 aliphatic rings. The Bertz CT molecular complexity index is 618. The van der Waals surface area contributed by atoms with Gasteiger partial charge in [-0.15, -0.1) is 10.2 Å². The summed E-state index contributed by atoms with van der Waals surface area (Å²) in [5.41, 5.74) is 0.305. The van der Waals surface area contributed by atoms with E-state index in [1.165, 1.54) is 24.2 Å². The van der Waals surface area contributed by atoms with Crippen LogP contribution in [0.5, 0.6) is 0 Å². The first-order valence-corrected chi connectivity index (χ1v) is 8.18. The summed E-state index contributed by atoms with van der Waals surface area (Å²) in [6.45, 7) is 2.17. The molecule has 1 fully saturated rings. The predicted octanol–water partition coefficient (Wildman–Crippen LogP) is 3.39. The van der Waals surface area contributed by atoms with Crippen molar-refractivity contribution >= 4 is 22.4 Å². The number of rotatable bonds is 7. The van der Waals surface area contributed by atoms with E-state index in [0.717, 1.165) is 36.5 Å². The first-order chi connectivity index (χ1) is 10.3. The zero-order valence-corrected chi connectivity index (χ0v) is 12.8. The van der Waals surface area contributed by atoms with Crippen molar-refractivity contribution < 1.29 is 9.32 Å². The van der Waals surface area contributed by atoms with Crippen LogP contribution in [0.25, 0.3) is 0 Å². The second-order valence-corrected chi connectivity index (χ2v) is 6.36. The number of nitrogens with one attached hydrogen (secondary N) is 1. The quantitative estimate of drug-likeness (QED) is 0.793. The van der Waals surface area contributed by atoms with Crippen molar-refractivity contribution in [3.8, 4) is 0 Å². The maximum atomic E-state index is 12.0. The predicted molar refractivity (Wildman–Crippen MR) is 79.6 cm³/mol.